The number of aromatic nitrogens is 1. The molecule has 1 aromatic rings. The van der Waals surface area contributed by atoms with Gasteiger partial charge < -0.3 is 19.7 Å². The van der Waals surface area contributed by atoms with Crippen LogP contribution in [0.4, 0.5) is 0 Å². The van der Waals surface area contributed by atoms with Gasteiger partial charge in [-0.25, -0.2) is 0 Å². The second-order valence-corrected chi connectivity index (χ2v) is 3.19. The highest BCUT2D eigenvalue weighted by atomic mass is 16.5. The minimum Gasteiger partial charge on any atom is -0.392 e. The number of aliphatic hydroxyl groups is 1. The Bertz CT molecular complexity index is 309. The van der Waals surface area contributed by atoms with Crippen LogP contribution in [-0.4, -0.2) is 35.8 Å². The van der Waals surface area contributed by atoms with Gasteiger partial charge in [-0.2, -0.15) is 0 Å². The standard InChI is InChI=1S/C10H16N2O3/c1-15-5-3-11-10(14)7-12-4-2-9(6-12)8-13/h2,4,6,13H,3,5,7-8H2,1H3,(H,11,14). The fourth-order valence-corrected chi connectivity index (χ4v) is 1.20. The molecule has 84 valence electrons. The van der Waals surface area contributed by atoms with E-state index in [1.807, 2.05) is 0 Å². The van der Waals surface area contributed by atoms with Crippen molar-refractivity contribution in [3.05, 3.63) is 24.0 Å². The molecule has 0 saturated heterocycles. The zero-order valence-electron chi connectivity index (χ0n) is 8.77. The first kappa shape index (κ1) is 11.7. The van der Waals surface area contributed by atoms with E-state index in [0.717, 1.165) is 5.56 Å². The minimum absolute atomic E-state index is 0.00169. The molecule has 5 nitrogen and oxygen atoms in total. The first-order chi connectivity index (χ1) is 7.26. The number of rotatable bonds is 6. The lowest BCUT2D eigenvalue weighted by atomic mass is 10.4. The van der Waals surface area contributed by atoms with Crippen LogP contribution < -0.4 is 5.32 Å². The number of carbonyl (C=O) groups excluding carboxylic acids is 1. The summed E-state index contributed by atoms with van der Waals surface area (Å²) in [6, 6.07) is 1.78. The minimum atomic E-state index is -0.0628. The van der Waals surface area contributed by atoms with Crippen LogP contribution in [0.15, 0.2) is 18.5 Å². The van der Waals surface area contributed by atoms with Gasteiger partial charge in [-0.05, 0) is 11.6 Å². The predicted molar refractivity (Wildman–Crippen MR) is 55.2 cm³/mol. The fraction of sp³-hybridized carbons (Fsp3) is 0.500. The average molecular weight is 212 g/mol. The lowest BCUT2D eigenvalue weighted by Gasteiger charge is -2.04. The van der Waals surface area contributed by atoms with E-state index < -0.39 is 0 Å². The van der Waals surface area contributed by atoms with Crippen molar-refractivity contribution in [2.75, 3.05) is 20.3 Å². The first-order valence-corrected chi connectivity index (χ1v) is 4.77. The summed E-state index contributed by atoms with van der Waals surface area (Å²) in [5.41, 5.74) is 0.805. The van der Waals surface area contributed by atoms with Crippen LogP contribution in [0.3, 0.4) is 0 Å². The summed E-state index contributed by atoms with van der Waals surface area (Å²) in [5.74, 6) is -0.0628. The highest BCUT2D eigenvalue weighted by Gasteiger charge is 2.02. The molecule has 0 atom stereocenters. The highest BCUT2D eigenvalue weighted by Crippen LogP contribution is 2.00. The maximum absolute atomic E-state index is 11.3. The van der Waals surface area contributed by atoms with Crippen LogP contribution in [0, 0.1) is 0 Å². The molecule has 1 amide bonds. The van der Waals surface area contributed by atoms with E-state index in [-0.39, 0.29) is 19.1 Å². The van der Waals surface area contributed by atoms with Gasteiger partial charge in [-0.3, -0.25) is 4.79 Å². The number of amides is 1. The number of hydrogen-bond acceptors (Lipinski definition) is 3. The molecule has 0 unspecified atom stereocenters. The number of aliphatic hydroxyl groups excluding tert-OH is 1. The molecule has 2 N–H and O–H groups in total. The van der Waals surface area contributed by atoms with Crippen LogP contribution in [0.25, 0.3) is 0 Å². The van der Waals surface area contributed by atoms with Crippen LogP contribution in [0.2, 0.25) is 0 Å². The highest BCUT2D eigenvalue weighted by molar-refractivity contribution is 5.75. The molecule has 0 spiro atoms. The third-order valence-electron chi connectivity index (χ3n) is 1.95. The van der Waals surface area contributed by atoms with Crippen LogP contribution in [0.1, 0.15) is 5.56 Å². The fourth-order valence-electron chi connectivity index (χ4n) is 1.20. The van der Waals surface area contributed by atoms with Crippen LogP contribution in [0.5, 0.6) is 0 Å². The maximum Gasteiger partial charge on any atom is 0.239 e. The molecule has 5 heteroatoms. The van der Waals surface area contributed by atoms with E-state index >= 15 is 0 Å². The summed E-state index contributed by atoms with van der Waals surface area (Å²) in [7, 11) is 1.59. The van der Waals surface area contributed by atoms with Gasteiger partial charge in [0.2, 0.25) is 5.91 Å². The summed E-state index contributed by atoms with van der Waals surface area (Å²) in [5, 5.41) is 11.5. The molecule has 1 heterocycles. The number of ether oxygens (including phenoxy) is 1. The predicted octanol–water partition coefficient (Wildman–Crippen LogP) is -0.257. The van der Waals surface area contributed by atoms with E-state index in [2.05, 4.69) is 5.32 Å². The SMILES string of the molecule is COCCNC(=O)Cn1ccc(CO)c1. The number of nitrogens with zero attached hydrogens (tertiary/aromatic N) is 1. The molecular weight excluding hydrogens is 196 g/mol. The summed E-state index contributed by atoms with van der Waals surface area (Å²) >= 11 is 0. The lowest BCUT2D eigenvalue weighted by molar-refractivity contribution is -0.121. The van der Waals surface area contributed by atoms with Gasteiger partial charge in [-0.1, -0.05) is 0 Å². The summed E-state index contributed by atoms with van der Waals surface area (Å²) in [4.78, 5) is 11.3. The van der Waals surface area contributed by atoms with Crippen molar-refractivity contribution >= 4 is 5.91 Å². The molecular formula is C10H16N2O3. The van der Waals surface area contributed by atoms with Crippen molar-refractivity contribution in [3.8, 4) is 0 Å². The molecule has 1 rings (SSSR count). The Morgan fingerprint density at radius 2 is 2.47 bits per heavy atom. The van der Waals surface area contributed by atoms with Gasteiger partial charge >= 0.3 is 0 Å². The molecule has 0 bridgehead atoms. The number of carbonyl (C=O) groups is 1. The molecule has 0 aliphatic carbocycles. The van der Waals surface area contributed by atoms with Crippen molar-refractivity contribution in [3.63, 3.8) is 0 Å². The molecule has 1 aromatic heterocycles. The zero-order chi connectivity index (χ0) is 11.1. The molecule has 0 saturated carbocycles. The van der Waals surface area contributed by atoms with Crippen molar-refractivity contribution in [2.45, 2.75) is 13.2 Å². The summed E-state index contributed by atoms with van der Waals surface area (Å²) < 4.78 is 6.54. The maximum atomic E-state index is 11.3. The van der Waals surface area contributed by atoms with Gasteiger partial charge in [0.25, 0.3) is 0 Å². The Kier molecular flexibility index (Phi) is 4.86. The van der Waals surface area contributed by atoms with Crippen molar-refractivity contribution in [1.29, 1.82) is 0 Å². The van der Waals surface area contributed by atoms with E-state index in [1.54, 1.807) is 30.1 Å². The molecule has 0 aromatic carbocycles. The zero-order valence-corrected chi connectivity index (χ0v) is 8.77. The van der Waals surface area contributed by atoms with E-state index in [1.165, 1.54) is 0 Å². The Labute approximate surface area is 88.7 Å². The van der Waals surface area contributed by atoms with Crippen molar-refractivity contribution < 1.29 is 14.6 Å². The third kappa shape index (κ3) is 4.14. The quantitative estimate of drug-likeness (QED) is 0.639. The second kappa shape index (κ2) is 6.21. The average Bonchev–Trinajstić information content (AvgIpc) is 2.66. The third-order valence-corrected chi connectivity index (χ3v) is 1.95. The van der Waals surface area contributed by atoms with Gasteiger partial charge in [0.05, 0.1) is 13.2 Å². The van der Waals surface area contributed by atoms with Crippen LogP contribution >= 0.6 is 0 Å². The van der Waals surface area contributed by atoms with Crippen LogP contribution in [-0.2, 0) is 22.7 Å². The van der Waals surface area contributed by atoms with E-state index in [4.69, 9.17) is 9.84 Å². The molecule has 0 fully saturated rings. The molecule has 0 aliphatic rings. The molecule has 15 heavy (non-hydrogen) atoms. The van der Waals surface area contributed by atoms with E-state index in [0.29, 0.717) is 13.2 Å². The Hall–Kier alpha value is -1.33. The Balaban J connectivity index is 2.31. The van der Waals surface area contributed by atoms with Gasteiger partial charge in [0.15, 0.2) is 0 Å². The smallest absolute Gasteiger partial charge is 0.239 e. The Morgan fingerprint density at radius 1 is 1.67 bits per heavy atom. The Morgan fingerprint density at radius 3 is 3.07 bits per heavy atom. The second-order valence-electron chi connectivity index (χ2n) is 3.19. The largest absolute Gasteiger partial charge is 0.392 e. The van der Waals surface area contributed by atoms with Gasteiger partial charge in [0, 0.05) is 26.0 Å². The van der Waals surface area contributed by atoms with E-state index in [9.17, 15) is 4.79 Å². The number of hydrogen-bond donors (Lipinski definition) is 2. The summed E-state index contributed by atoms with van der Waals surface area (Å²) in [6.07, 6.45) is 3.51. The van der Waals surface area contributed by atoms with Gasteiger partial charge in [0.1, 0.15) is 6.54 Å². The van der Waals surface area contributed by atoms with Crippen molar-refractivity contribution in [1.82, 2.24) is 9.88 Å². The van der Waals surface area contributed by atoms with Crippen molar-refractivity contribution in [2.24, 2.45) is 0 Å². The normalized spacial score (nSPS) is 10.3. The molecule has 0 aliphatic heterocycles. The molecule has 0 radical (unpaired) electrons. The van der Waals surface area contributed by atoms with Gasteiger partial charge in [-0.15, -0.1) is 0 Å². The lowest BCUT2D eigenvalue weighted by Crippen LogP contribution is -2.29. The monoisotopic (exact) mass is 212 g/mol. The topological polar surface area (TPSA) is 63.5 Å². The number of nitrogens with one attached hydrogen (secondary N) is 1. The summed E-state index contributed by atoms with van der Waals surface area (Å²) in [6.45, 7) is 1.30. The first-order valence-electron chi connectivity index (χ1n) is 4.77. The number of methoxy groups -OCH3 is 1.